The molecule has 6 heteroatoms. The molecule has 2 aliphatic rings. The number of rotatable bonds is 5. The summed E-state index contributed by atoms with van der Waals surface area (Å²) < 4.78 is 16.9. The van der Waals surface area contributed by atoms with Gasteiger partial charge in [0.2, 0.25) is 0 Å². The minimum atomic E-state index is -0.379. The first-order valence-electron chi connectivity index (χ1n) is 10.5. The van der Waals surface area contributed by atoms with Gasteiger partial charge in [0, 0.05) is 43.2 Å². The summed E-state index contributed by atoms with van der Waals surface area (Å²) in [5, 5.41) is 3.22. The van der Waals surface area contributed by atoms with E-state index in [1.807, 2.05) is 50.2 Å². The summed E-state index contributed by atoms with van der Waals surface area (Å²) in [6, 6.07) is 13.5. The number of hydrogen-bond donors (Lipinski definition) is 1. The van der Waals surface area contributed by atoms with Crippen molar-refractivity contribution < 1.29 is 19.0 Å². The summed E-state index contributed by atoms with van der Waals surface area (Å²) in [5.74, 6) is 1.44. The number of hydrogen-bond acceptors (Lipinski definition) is 5. The zero-order valence-corrected chi connectivity index (χ0v) is 17.9. The van der Waals surface area contributed by atoms with Crippen molar-refractivity contribution in [2.45, 2.75) is 38.5 Å². The van der Waals surface area contributed by atoms with Gasteiger partial charge < -0.3 is 19.5 Å². The van der Waals surface area contributed by atoms with Crippen LogP contribution < -0.4 is 14.8 Å². The van der Waals surface area contributed by atoms with Crippen molar-refractivity contribution in [3.8, 4) is 11.5 Å². The Hall–Kier alpha value is -2.57. The van der Waals surface area contributed by atoms with Crippen LogP contribution in [0.1, 0.15) is 47.8 Å². The second-order valence-electron chi connectivity index (χ2n) is 8.58. The molecule has 1 N–H and O–H groups in total. The van der Waals surface area contributed by atoms with E-state index in [1.54, 1.807) is 7.11 Å². The van der Waals surface area contributed by atoms with E-state index in [9.17, 15) is 4.79 Å². The average Bonchev–Trinajstić information content (AvgIpc) is 2.73. The normalized spacial score (nSPS) is 20.7. The average molecular weight is 411 g/mol. The minimum absolute atomic E-state index is 0.0664. The van der Waals surface area contributed by atoms with Crippen LogP contribution in [0.2, 0.25) is 0 Å². The number of amides is 1. The molecule has 2 aromatic rings. The second-order valence-corrected chi connectivity index (χ2v) is 8.58. The quantitative estimate of drug-likeness (QED) is 0.817. The van der Waals surface area contributed by atoms with Gasteiger partial charge in [0.1, 0.15) is 17.1 Å². The van der Waals surface area contributed by atoms with Crippen LogP contribution in [0, 0.1) is 0 Å². The zero-order valence-electron chi connectivity index (χ0n) is 17.9. The highest BCUT2D eigenvalue weighted by Crippen LogP contribution is 2.41. The van der Waals surface area contributed by atoms with E-state index in [2.05, 4.69) is 16.3 Å². The van der Waals surface area contributed by atoms with Crippen LogP contribution in [0.15, 0.2) is 42.5 Å². The highest BCUT2D eigenvalue weighted by atomic mass is 16.5. The molecule has 1 fully saturated rings. The van der Waals surface area contributed by atoms with Crippen LogP contribution in [0.3, 0.4) is 0 Å². The molecule has 1 saturated heterocycles. The van der Waals surface area contributed by atoms with Crippen LogP contribution in [-0.4, -0.2) is 49.8 Å². The Labute approximate surface area is 178 Å². The SMILES string of the molecule is COc1ccc2c(c1)OC(C)(C)CC2NC(=O)c1cccc(CN2CCOCC2)c1. The molecule has 0 aliphatic carbocycles. The minimum Gasteiger partial charge on any atom is -0.497 e. The maximum atomic E-state index is 13.1. The molecule has 30 heavy (non-hydrogen) atoms. The molecule has 2 aliphatic heterocycles. The van der Waals surface area contributed by atoms with E-state index in [0.717, 1.165) is 55.5 Å². The molecule has 0 saturated carbocycles. The molecule has 4 rings (SSSR count). The predicted molar refractivity (Wildman–Crippen MR) is 115 cm³/mol. The van der Waals surface area contributed by atoms with Gasteiger partial charge in [-0.25, -0.2) is 0 Å². The number of nitrogens with zero attached hydrogens (tertiary/aromatic N) is 1. The second kappa shape index (κ2) is 8.66. The zero-order chi connectivity index (χ0) is 21.1. The molecule has 6 nitrogen and oxygen atoms in total. The summed E-state index contributed by atoms with van der Waals surface area (Å²) in [5.41, 5.74) is 2.42. The van der Waals surface area contributed by atoms with E-state index in [1.165, 1.54) is 0 Å². The first kappa shape index (κ1) is 20.7. The van der Waals surface area contributed by atoms with E-state index in [-0.39, 0.29) is 17.6 Å². The lowest BCUT2D eigenvalue weighted by atomic mass is 9.89. The number of ether oxygens (including phenoxy) is 3. The van der Waals surface area contributed by atoms with Gasteiger partial charge in [-0.1, -0.05) is 12.1 Å². The molecule has 160 valence electrons. The van der Waals surface area contributed by atoms with Gasteiger partial charge in [-0.15, -0.1) is 0 Å². The number of fused-ring (bicyclic) bond motifs is 1. The maximum Gasteiger partial charge on any atom is 0.251 e. The van der Waals surface area contributed by atoms with Crippen molar-refractivity contribution in [1.82, 2.24) is 10.2 Å². The van der Waals surface area contributed by atoms with Crippen LogP contribution in [0.5, 0.6) is 11.5 Å². The lowest BCUT2D eigenvalue weighted by Gasteiger charge is -2.38. The smallest absolute Gasteiger partial charge is 0.251 e. The first-order valence-corrected chi connectivity index (χ1v) is 10.5. The van der Waals surface area contributed by atoms with Gasteiger partial charge in [0.25, 0.3) is 5.91 Å². The summed E-state index contributed by atoms with van der Waals surface area (Å²) in [7, 11) is 1.64. The van der Waals surface area contributed by atoms with E-state index in [0.29, 0.717) is 12.0 Å². The lowest BCUT2D eigenvalue weighted by molar-refractivity contribution is 0.0341. The Bertz CT molecular complexity index is 906. The predicted octanol–water partition coefficient (Wildman–Crippen LogP) is 3.56. The summed E-state index contributed by atoms with van der Waals surface area (Å²) in [6.07, 6.45) is 0.700. The van der Waals surface area contributed by atoms with Crippen molar-refractivity contribution in [2.24, 2.45) is 0 Å². The van der Waals surface area contributed by atoms with Crippen molar-refractivity contribution in [3.05, 3.63) is 59.2 Å². The third kappa shape index (κ3) is 4.77. The number of carbonyl (C=O) groups excluding carboxylic acids is 1. The van der Waals surface area contributed by atoms with Crippen molar-refractivity contribution in [3.63, 3.8) is 0 Å². The Morgan fingerprint density at radius 1 is 1.20 bits per heavy atom. The molecule has 1 atom stereocenters. The van der Waals surface area contributed by atoms with E-state index < -0.39 is 0 Å². The van der Waals surface area contributed by atoms with Crippen molar-refractivity contribution in [2.75, 3.05) is 33.4 Å². The summed E-state index contributed by atoms with van der Waals surface area (Å²) >= 11 is 0. The number of methoxy groups -OCH3 is 1. The lowest BCUT2D eigenvalue weighted by Crippen LogP contribution is -2.41. The van der Waals surface area contributed by atoms with Crippen LogP contribution in [0.4, 0.5) is 0 Å². The van der Waals surface area contributed by atoms with Crippen molar-refractivity contribution in [1.29, 1.82) is 0 Å². The number of benzene rings is 2. The molecule has 2 heterocycles. The largest absolute Gasteiger partial charge is 0.497 e. The van der Waals surface area contributed by atoms with Gasteiger partial charge in [-0.05, 0) is 43.7 Å². The molecule has 1 unspecified atom stereocenters. The standard InChI is InChI=1S/C24H30N2O4/c1-24(2)15-21(20-8-7-19(28-3)14-22(20)30-24)25-23(27)18-6-4-5-17(13-18)16-26-9-11-29-12-10-26/h4-8,13-14,21H,9-12,15-16H2,1-3H3,(H,25,27). The summed E-state index contributed by atoms with van der Waals surface area (Å²) in [6.45, 7) is 8.29. The number of carbonyl (C=O) groups is 1. The topological polar surface area (TPSA) is 60.0 Å². The molecule has 1 amide bonds. The highest BCUT2D eigenvalue weighted by Gasteiger charge is 2.35. The van der Waals surface area contributed by atoms with Crippen LogP contribution in [-0.2, 0) is 11.3 Å². The third-order valence-electron chi connectivity index (χ3n) is 5.68. The maximum absolute atomic E-state index is 13.1. The molecular formula is C24H30N2O4. The highest BCUT2D eigenvalue weighted by molar-refractivity contribution is 5.94. The number of nitrogens with one attached hydrogen (secondary N) is 1. The Balaban J connectivity index is 1.50. The van der Waals surface area contributed by atoms with Gasteiger partial charge in [-0.3, -0.25) is 9.69 Å². The van der Waals surface area contributed by atoms with Crippen LogP contribution in [0.25, 0.3) is 0 Å². The van der Waals surface area contributed by atoms with Gasteiger partial charge in [0.05, 0.1) is 26.4 Å². The van der Waals surface area contributed by atoms with Crippen molar-refractivity contribution >= 4 is 5.91 Å². The van der Waals surface area contributed by atoms with E-state index >= 15 is 0 Å². The third-order valence-corrected chi connectivity index (χ3v) is 5.68. The molecule has 0 bridgehead atoms. The molecular weight excluding hydrogens is 380 g/mol. The number of morpholine rings is 1. The molecule has 0 radical (unpaired) electrons. The van der Waals surface area contributed by atoms with Gasteiger partial charge in [0.15, 0.2) is 0 Å². The fourth-order valence-electron chi connectivity index (χ4n) is 4.16. The molecule has 0 aromatic heterocycles. The summed E-state index contributed by atoms with van der Waals surface area (Å²) in [4.78, 5) is 15.4. The fraction of sp³-hybridized carbons (Fsp3) is 0.458. The monoisotopic (exact) mass is 410 g/mol. The molecule has 2 aromatic carbocycles. The van der Waals surface area contributed by atoms with E-state index in [4.69, 9.17) is 14.2 Å². The fourth-order valence-corrected chi connectivity index (χ4v) is 4.16. The Morgan fingerprint density at radius 3 is 2.77 bits per heavy atom. The Morgan fingerprint density at radius 2 is 2.00 bits per heavy atom. The Kier molecular flexibility index (Phi) is 5.97. The first-order chi connectivity index (χ1) is 14.4. The molecule has 0 spiro atoms. The van der Waals surface area contributed by atoms with Crippen LogP contribution >= 0.6 is 0 Å². The van der Waals surface area contributed by atoms with Gasteiger partial charge >= 0.3 is 0 Å². The van der Waals surface area contributed by atoms with Gasteiger partial charge in [-0.2, -0.15) is 0 Å².